The molecule has 4 aliphatic carbocycles. The van der Waals surface area contributed by atoms with Crippen molar-refractivity contribution in [1.29, 1.82) is 0 Å². The lowest BCUT2D eigenvalue weighted by Crippen LogP contribution is -2.09. The minimum Gasteiger partial charge on any atom is -0.0575 e. The van der Waals surface area contributed by atoms with Crippen molar-refractivity contribution in [2.45, 2.75) is 25.7 Å². The van der Waals surface area contributed by atoms with Crippen LogP contribution in [-0.2, 0) is 25.7 Å². The SMILES string of the molecule is c1cc2cc3ccc4c5c6c7c(cc8c9c%10c(c1CC=%10C8)c2c(c35)c97)CC=6C4. The van der Waals surface area contributed by atoms with Crippen LogP contribution in [0.25, 0.3) is 65.0 Å². The zero-order valence-corrected chi connectivity index (χ0v) is 15.3. The maximum absolute atomic E-state index is 2.59. The van der Waals surface area contributed by atoms with Gasteiger partial charge in [-0.05, 0) is 118 Å². The fourth-order valence-corrected chi connectivity index (χ4v) is 7.77. The second-order valence-corrected chi connectivity index (χ2v) is 9.63. The molecule has 0 bridgehead atoms. The summed E-state index contributed by atoms with van der Waals surface area (Å²) in [6, 6.07) is 14.7. The van der Waals surface area contributed by atoms with E-state index in [1.807, 2.05) is 0 Å². The lowest BCUT2D eigenvalue weighted by atomic mass is 9.82. The Labute approximate surface area is 160 Å². The summed E-state index contributed by atoms with van der Waals surface area (Å²) in [5.74, 6) is 0. The average Bonchev–Trinajstić information content (AvgIpc) is 3.42. The van der Waals surface area contributed by atoms with E-state index in [9.17, 15) is 0 Å². The molecule has 0 spiro atoms. The van der Waals surface area contributed by atoms with Gasteiger partial charge in [-0.15, -0.1) is 0 Å². The zero-order chi connectivity index (χ0) is 17.5. The molecule has 0 atom stereocenters. The number of benzene rings is 6. The van der Waals surface area contributed by atoms with Gasteiger partial charge in [0, 0.05) is 0 Å². The first-order valence-corrected chi connectivity index (χ1v) is 10.6. The Morgan fingerprint density at radius 1 is 0.393 bits per heavy atom. The third-order valence-electron chi connectivity index (χ3n) is 8.52. The highest BCUT2D eigenvalue weighted by molar-refractivity contribution is 6.40. The van der Waals surface area contributed by atoms with Gasteiger partial charge in [0.15, 0.2) is 0 Å². The van der Waals surface area contributed by atoms with Gasteiger partial charge < -0.3 is 0 Å². The molecule has 0 fully saturated rings. The number of hydrogen-bond donors (Lipinski definition) is 0. The summed E-state index contributed by atoms with van der Waals surface area (Å²) in [6.07, 6.45) is 4.68. The minimum atomic E-state index is 1.16. The molecular formula is C28H14. The van der Waals surface area contributed by atoms with Gasteiger partial charge in [-0.1, -0.05) is 41.5 Å². The molecule has 0 saturated heterocycles. The lowest BCUT2D eigenvalue weighted by molar-refractivity contribution is 1.19. The average molecular weight is 350 g/mol. The van der Waals surface area contributed by atoms with Crippen LogP contribution in [0.2, 0.25) is 0 Å². The molecule has 6 aromatic rings. The van der Waals surface area contributed by atoms with E-state index >= 15 is 0 Å². The van der Waals surface area contributed by atoms with Crippen LogP contribution in [0.3, 0.4) is 0 Å². The van der Waals surface area contributed by atoms with Crippen molar-refractivity contribution >= 4 is 65.0 Å². The van der Waals surface area contributed by atoms with Crippen LogP contribution >= 0.6 is 0 Å². The Hall–Kier alpha value is -3.12. The van der Waals surface area contributed by atoms with Crippen LogP contribution < -0.4 is 10.4 Å². The standard InChI is InChI=1S/C28H14/c1-3-13-6-15-8-17-10-18-9-16-7-14-4-2-12-5-11(1)21-19(13)23(15)25(17)28-26(18)24(16)20(14)22(12)27(21)28/h1-5,10H,6-9H2. The molecule has 0 heteroatoms. The molecule has 0 heterocycles. The van der Waals surface area contributed by atoms with Gasteiger partial charge >= 0.3 is 0 Å². The maximum Gasteiger partial charge on any atom is -0.000140 e. The normalized spacial score (nSPS) is 18.0. The van der Waals surface area contributed by atoms with E-state index in [-0.39, 0.29) is 0 Å². The number of rotatable bonds is 0. The Bertz CT molecular complexity index is 1810. The summed E-state index contributed by atoms with van der Waals surface area (Å²) in [5, 5.41) is 18.9. The first-order chi connectivity index (χ1) is 13.9. The van der Waals surface area contributed by atoms with Crippen LogP contribution in [0, 0.1) is 0 Å². The lowest BCUT2D eigenvalue weighted by Gasteiger charge is -2.20. The van der Waals surface area contributed by atoms with Crippen molar-refractivity contribution in [3.8, 4) is 0 Å². The smallest absolute Gasteiger partial charge is 0.000140 e. The van der Waals surface area contributed by atoms with Gasteiger partial charge in [-0.25, -0.2) is 0 Å². The van der Waals surface area contributed by atoms with Gasteiger partial charge in [0.2, 0.25) is 0 Å². The molecular weight excluding hydrogens is 336 g/mol. The second kappa shape index (κ2) is 3.37. The summed E-state index contributed by atoms with van der Waals surface area (Å²) in [4.78, 5) is 0. The van der Waals surface area contributed by atoms with Crippen molar-refractivity contribution in [3.63, 3.8) is 0 Å². The molecule has 10 rings (SSSR count). The third-order valence-corrected chi connectivity index (χ3v) is 8.52. The molecule has 0 aliphatic heterocycles. The molecule has 0 aromatic heterocycles. The molecule has 0 amide bonds. The van der Waals surface area contributed by atoms with Crippen molar-refractivity contribution in [2.75, 3.05) is 0 Å². The minimum absolute atomic E-state index is 1.16. The fraction of sp³-hybridized carbons (Fsp3) is 0.143. The monoisotopic (exact) mass is 350 g/mol. The Kier molecular flexibility index (Phi) is 1.49. The Morgan fingerprint density at radius 2 is 0.857 bits per heavy atom. The van der Waals surface area contributed by atoms with Crippen LogP contribution in [0.15, 0.2) is 36.4 Å². The highest BCUT2D eigenvalue weighted by Crippen LogP contribution is 2.50. The van der Waals surface area contributed by atoms with Crippen molar-refractivity contribution in [3.05, 3.63) is 69.1 Å². The van der Waals surface area contributed by atoms with E-state index in [1.165, 1.54) is 23.6 Å². The molecule has 0 radical (unpaired) electrons. The highest BCUT2D eigenvalue weighted by atomic mass is 14.4. The highest BCUT2D eigenvalue weighted by Gasteiger charge is 2.34. The van der Waals surface area contributed by atoms with E-state index in [0.29, 0.717) is 0 Å². The molecule has 0 unspecified atom stereocenters. The van der Waals surface area contributed by atoms with Gasteiger partial charge in [-0.2, -0.15) is 0 Å². The first kappa shape index (κ1) is 12.4. The van der Waals surface area contributed by atoms with E-state index in [2.05, 4.69) is 36.4 Å². The molecule has 126 valence electrons. The van der Waals surface area contributed by atoms with E-state index in [0.717, 1.165) is 12.8 Å². The third kappa shape index (κ3) is 0.959. The fourth-order valence-electron chi connectivity index (χ4n) is 7.77. The maximum atomic E-state index is 2.59. The first-order valence-electron chi connectivity index (χ1n) is 10.6. The molecule has 6 aromatic carbocycles. The van der Waals surface area contributed by atoms with E-state index < -0.39 is 0 Å². The molecule has 0 nitrogen and oxygen atoms in total. The molecule has 28 heavy (non-hydrogen) atoms. The quantitative estimate of drug-likeness (QED) is 0.271. The number of hydrogen-bond acceptors (Lipinski definition) is 0. The van der Waals surface area contributed by atoms with Crippen molar-refractivity contribution in [2.24, 2.45) is 0 Å². The van der Waals surface area contributed by atoms with Crippen LogP contribution in [0.5, 0.6) is 0 Å². The van der Waals surface area contributed by atoms with Crippen LogP contribution in [0.1, 0.15) is 22.3 Å². The van der Waals surface area contributed by atoms with Crippen LogP contribution in [-0.4, -0.2) is 0 Å². The van der Waals surface area contributed by atoms with Crippen molar-refractivity contribution < 1.29 is 0 Å². The van der Waals surface area contributed by atoms with Crippen molar-refractivity contribution in [1.82, 2.24) is 0 Å². The molecule has 0 saturated carbocycles. The van der Waals surface area contributed by atoms with Gasteiger partial charge in [0.25, 0.3) is 0 Å². The molecule has 0 N–H and O–H groups in total. The summed E-state index contributed by atoms with van der Waals surface area (Å²) in [5.41, 5.74) is 9.74. The van der Waals surface area contributed by atoms with Gasteiger partial charge in [0.1, 0.15) is 0 Å². The summed E-state index contributed by atoms with van der Waals surface area (Å²) in [6.45, 7) is 0. The Balaban J connectivity index is 1.81. The largest absolute Gasteiger partial charge is 0.0575 e. The van der Waals surface area contributed by atoms with Gasteiger partial charge in [0.05, 0.1) is 0 Å². The summed E-state index contributed by atoms with van der Waals surface area (Å²) < 4.78 is 0. The second-order valence-electron chi connectivity index (χ2n) is 9.63. The van der Waals surface area contributed by atoms with E-state index in [4.69, 9.17) is 0 Å². The predicted octanol–water partition coefficient (Wildman–Crippen LogP) is 4.85. The summed E-state index contributed by atoms with van der Waals surface area (Å²) in [7, 11) is 0. The molecule has 4 aliphatic rings. The van der Waals surface area contributed by atoms with Gasteiger partial charge in [-0.3, -0.25) is 0 Å². The van der Waals surface area contributed by atoms with Crippen LogP contribution in [0.4, 0.5) is 0 Å². The zero-order valence-electron chi connectivity index (χ0n) is 15.3. The topological polar surface area (TPSA) is 0 Å². The summed E-state index contributed by atoms with van der Waals surface area (Å²) >= 11 is 0. The van der Waals surface area contributed by atoms with E-state index in [1.54, 1.807) is 86.9 Å². The predicted molar refractivity (Wildman–Crippen MR) is 117 cm³/mol. The Morgan fingerprint density at radius 3 is 1.43 bits per heavy atom.